The Morgan fingerprint density at radius 1 is 1.15 bits per heavy atom. The minimum absolute atomic E-state index is 0.0448. The summed E-state index contributed by atoms with van der Waals surface area (Å²) in [6.45, 7) is 4.01. The van der Waals surface area contributed by atoms with E-state index in [-0.39, 0.29) is 5.75 Å². The molecule has 0 spiro atoms. The quantitative estimate of drug-likeness (QED) is 0.573. The molecule has 0 heterocycles. The Hall–Kier alpha value is -1.32. The second-order valence-corrected chi connectivity index (χ2v) is 6.90. The number of allylic oxidation sites excluding steroid dienone is 4. The Balaban J connectivity index is 2.93. The lowest BCUT2D eigenvalue weighted by molar-refractivity contribution is 0.598. The smallest absolute Gasteiger partial charge is 0.182 e. The number of hydrogen-bond donors (Lipinski definition) is 0. The molecule has 2 nitrogen and oxygen atoms in total. The van der Waals surface area contributed by atoms with Crippen LogP contribution in [-0.2, 0) is 9.84 Å². The summed E-state index contributed by atoms with van der Waals surface area (Å²) < 4.78 is 24.6. The molecule has 108 valence electrons. The predicted molar refractivity (Wildman–Crippen MR) is 85.6 cm³/mol. The minimum Gasteiger partial charge on any atom is -0.223 e. The maximum atomic E-state index is 12.3. The van der Waals surface area contributed by atoms with Crippen LogP contribution in [0.4, 0.5) is 0 Å². The Morgan fingerprint density at radius 2 is 1.80 bits per heavy atom. The minimum atomic E-state index is -3.33. The summed E-state index contributed by atoms with van der Waals surface area (Å²) in [5, 5.41) is 0. The van der Waals surface area contributed by atoms with Crippen LogP contribution in [0.3, 0.4) is 0 Å². The van der Waals surface area contributed by atoms with Crippen LogP contribution >= 0.6 is 11.6 Å². The lowest BCUT2D eigenvalue weighted by Gasteiger charge is -2.05. The van der Waals surface area contributed by atoms with Crippen molar-refractivity contribution < 1.29 is 8.42 Å². The van der Waals surface area contributed by atoms with Gasteiger partial charge in [0.05, 0.1) is 10.6 Å². The molecule has 0 atom stereocenters. The van der Waals surface area contributed by atoms with Crippen LogP contribution in [0, 0.1) is 0 Å². The van der Waals surface area contributed by atoms with Crippen molar-refractivity contribution in [2.75, 3.05) is 5.75 Å². The molecular weight excluding hydrogens is 292 g/mol. The summed E-state index contributed by atoms with van der Waals surface area (Å²) in [5.74, 6) is -0.0448. The topological polar surface area (TPSA) is 34.1 Å². The van der Waals surface area contributed by atoms with E-state index in [1.807, 2.05) is 26.0 Å². The van der Waals surface area contributed by atoms with E-state index >= 15 is 0 Å². The lowest BCUT2D eigenvalue weighted by Crippen LogP contribution is -2.08. The summed E-state index contributed by atoms with van der Waals surface area (Å²) in [4.78, 5) is 0.330. The number of benzene rings is 1. The zero-order chi connectivity index (χ0) is 15.0. The Bertz CT molecular complexity index is 607. The van der Waals surface area contributed by atoms with E-state index < -0.39 is 9.84 Å². The van der Waals surface area contributed by atoms with E-state index in [1.54, 1.807) is 36.4 Å². The van der Waals surface area contributed by atoms with E-state index in [1.165, 1.54) is 11.1 Å². The van der Waals surface area contributed by atoms with Gasteiger partial charge >= 0.3 is 0 Å². The van der Waals surface area contributed by atoms with Crippen molar-refractivity contribution >= 4 is 21.4 Å². The first kappa shape index (κ1) is 16.7. The van der Waals surface area contributed by atoms with Gasteiger partial charge in [0.1, 0.15) is 0 Å². The first-order valence-electron chi connectivity index (χ1n) is 6.32. The van der Waals surface area contributed by atoms with Crippen molar-refractivity contribution in [2.24, 2.45) is 0 Å². The predicted octanol–water partition coefficient (Wildman–Crippen LogP) is 4.50. The van der Waals surface area contributed by atoms with E-state index in [9.17, 15) is 8.42 Å². The van der Waals surface area contributed by atoms with E-state index in [2.05, 4.69) is 0 Å². The summed E-state index contributed by atoms with van der Waals surface area (Å²) in [6.07, 6.45) is 6.24. The molecule has 0 aliphatic heterocycles. The lowest BCUT2D eigenvalue weighted by atomic mass is 10.2. The maximum absolute atomic E-state index is 12.3. The van der Waals surface area contributed by atoms with Crippen molar-refractivity contribution in [2.45, 2.75) is 25.2 Å². The largest absolute Gasteiger partial charge is 0.223 e. The van der Waals surface area contributed by atoms with Gasteiger partial charge < -0.3 is 0 Å². The van der Waals surface area contributed by atoms with Crippen molar-refractivity contribution in [1.29, 1.82) is 0 Å². The second-order valence-electron chi connectivity index (χ2n) is 4.66. The molecule has 0 aliphatic carbocycles. The summed E-state index contributed by atoms with van der Waals surface area (Å²) in [7, 11) is -3.33. The molecule has 0 bridgehead atoms. The normalized spacial score (nSPS) is 12.7. The van der Waals surface area contributed by atoms with Crippen LogP contribution in [0.1, 0.15) is 20.3 Å². The van der Waals surface area contributed by atoms with E-state index in [0.717, 1.165) is 0 Å². The molecule has 0 unspecified atom stereocenters. The van der Waals surface area contributed by atoms with Gasteiger partial charge in [-0.2, -0.15) is 0 Å². The monoisotopic (exact) mass is 310 g/mol. The van der Waals surface area contributed by atoms with Gasteiger partial charge in [0.15, 0.2) is 9.84 Å². The highest BCUT2D eigenvalue weighted by Gasteiger charge is 2.14. The molecule has 0 aliphatic rings. The average Bonchev–Trinajstić information content (AvgIpc) is 2.39. The van der Waals surface area contributed by atoms with Crippen LogP contribution in [0.15, 0.2) is 70.1 Å². The fourth-order valence-corrected chi connectivity index (χ4v) is 3.19. The summed E-state index contributed by atoms with van der Waals surface area (Å²) in [6, 6.07) is 8.44. The van der Waals surface area contributed by atoms with Gasteiger partial charge in [0, 0.05) is 5.54 Å². The number of sulfone groups is 1. The first-order chi connectivity index (χ1) is 9.45. The highest BCUT2D eigenvalue weighted by Crippen LogP contribution is 2.15. The summed E-state index contributed by atoms with van der Waals surface area (Å²) >= 11 is 5.58. The Kier molecular flexibility index (Phi) is 6.76. The zero-order valence-corrected chi connectivity index (χ0v) is 13.3. The third kappa shape index (κ3) is 5.76. The SMILES string of the molecule is CC(C)=CC/C=C(\C=C/Cl)CS(=O)(=O)c1ccccc1. The molecule has 1 aromatic rings. The van der Waals surface area contributed by atoms with Gasteiger partial charge in [0.2, 0.25) is 0 Å². The highest BCUT2D eigenvalue weighted by molar-refractivity contribution is 7.91. The van der Waals surface area contributed by atoms with Crippen molar-refractivity contribution in [3.63, 3.8) is 0 Å². The van der Waals surface area contributed by atoms with Crippen molar-refractivity contribution in [3.8, 4) is 0 Å². The molecule has 0 N–H and O–H groups in total. The fourth-order valence-electron chi connectivity index (χ4n) is 1.63. The molecule has 4 heteroatoms. The third-order valence-corrected chi connectivity index (χ3v) is 4.47. The van der Waals surface area contributed by atoms with Crippen LogP contribution in [0.5, 0.6) is 0 Å². The summed E-state index contributed by atoms with van der Waals surface area (Å²) in [5.41, 5.74) is 3.23. The number of hydrogen-bond acceptors (Lipinski definition) is 2. The average molecular weight is 311 g/mol. The van der Waals surface area contributed by atoms with Gasteiger partial charge in [-0.1, -0.05) is 47.5 Å². The van der Waals surface area contributed by atoms with Gasteiger partial charge in [-0.3, -0.25) is 0 Å². The van der Waals surface area contributed by atoms with Gasteiger partial charge in [-0.15, -0.1) is 0 Å². The first-order valence-corrected chi connectivity index (χ1v) is 8.41. The van der Waals surface area contributed by atoms with Crippen LogP contribution in [0.25, 0.3) is 0 Å². The van der Waals surface area contributed by atoms with Crippen molar-refractivity contribution in [3.05, 3.63) is 65.2 Å². The van der Waals surface area contributed by atoms with Crippen LogP contribution in [-0.4, -0.2) is 14.2 Å². The molecule has 0 aromatic heterocycles. The number of halogens is 1. The molecule has 0 radical (unpaired) electrons. The molecular formula is C16H19ClO2S. The van der Waals surface area contributed by atoms with Crippen LogP contribution in [0.2, 0.25) is 0 Å². The Morgan fingerprint density at radius 3 is 2.35 bits per heavy atom. The van der Waals surface area contributed by atoms with Gasteiger partial charge in [-0.05, 0) is 44.1 Å². The molecule has 0 saturated heterocycles. The molecule has 0 saturated carbocycles. The molecule has 0 fully saturated rings. The van der Waals surface area contributed by atoms with Crippen LogP contribution < -0.4 is 0 Å². The zero-order valence-electron chi connectivity index (χ0n) is 11.7. The third-order valence-electron chi connectivity index (χ3n) is 2.64. The molecule has 1 rings (SSSR count). The van der Waals surface area contributed by atoms with E-state index in [4.69, 9.17) is 11.6 Å². The fraction of sp³-hybridized carbons (Fsp3) is 0.250. The molecule has 0 amide bonds. The second kappa shape index (κ2) is 8.08. The Labute approximate surface area is 126 Å². The maximum Gasteiger partial charge on any atom is 0.182 e. The van der Waals surface area contributed by atoms with Crippen molar-refractivity contribution in [1.82, 2.24) is 0 Å². The number of rotatable bonds is 6. The molecule has 20 heavy (non-hydrogen) atoms. The van der Waals surface area contributed by atoms with Gasteiger partial charge in [0.25, 0.3) is 0 Å². The van der Waals surface area contributed by atoms with Gasteiger partial charge in [-0.25, -0.2) is 8.42 Å². The standard InChI is InChI=1S/C16H19ClO2S/c1-14(2)7-6-8-15(11-12-17)13-20(18,19)16-9-4-3-5-10-16/h3-5,7-12H,6,13H2,1-2H3/b12-11-,15-8+. The highest BCUT2D eigenvalue weighted by atomic mass is 35.5. The molecule has 1 aromatic carbocycles. The van der Waals surface area contributed by atoms with E-state index in [0.29, 0.717) is 16.9 Å².